The first-order valence-electron chi connectivity index (χ1n) is 8.07. The molecule has 8 heteroatoms. The zero-order valence-corrected chi connectivity index (χ0v) is 15.4. The molecule has 0 bridgehead atoms. The predicted molar refractivity (Wildman–Crippen MR) is 98.5 cm³/mol. The minimum Gasteiger partial charge on any atom is -0.495 e. The number of hydrogen-bond donors (Lipinski definition) is 1. The summed E-state index contributed by atoms with van der Waals surface area (Å²) in [5, 5.41) is 3.17. The lowest BCUT2D eigenvalue weighted by Crippen LogP contribution is -2.33. The van der Waals surface area contributed by atoms with E-state index in [1.165, 1.54) is 0 Å². The van der Waals surface area contributed by atoms with Crippen LogP contribution in [0.5, 0.6) is 5.75 Å². The molecule has 3 rings (SSSR count). The Balaban J connectivity index is 1.85. The Morgan fingerprint density at radius 3 is 2.72 bits per heavy atom. The molecule has 0 aliphatic carbocycles. The Morgan fingerprint density at radius 2 is 2.04 bits per heavy atom. The number of rotatable bonds is 5. The summed E-state index contributed by atoms with van der Waals surface area (Å²) >= 11 is 0. The summed E-state index contributed by atoms with van der Waals surface area (Å²) in [7, 11) is 0.540. The van der Waals surface area contributed by atoms with Crippen molar-refractivity contribution in [3.8, 4) is 5.75 Å². The van der Waals surface area contributed by atoms with E-state index >= 15 is 0 Å². The van der Waals surface area contributed by atoms with E-state index in [1.54, 1.807) is 7.11 Å². The smallest absolute Gasteiger partial charge is 0.229 e. The third kappa shape index (κ3) is 4.01. The summed E-state index contributed by atoms with van der Waals surface area (Å²) in [6.07, 6.45) is 0.622. The van der Waals surface area contributed by atoms with Gasteiger partial charge in [0.15, 0.2) is 9.84 Å². The van der Waals surface area contributed by atoms with E-state index < -0.39 is 9.84 Å². The van der Waals surface area contributed by atoms with Crippen molar-refractivity contribution in [3.63, 3.8) is 0 Å². The fourth-order valence-electron chi connectivity index (χ4n) is 2.92. The van der Waals surface area contributed by atoms with Gasteiger partial charge in [-0.1, -0.05) is 12.1 Å². The monoisotopic (exact) mass is 362 g/mol. The predicted octanol–water partition coefficient (Wildman–Crippen LogP) is 2.16. The van der Waals surface area contributed by atoms with Crippen LogP contribution in [-0.4, -0.2) is 50.1 Å². The molecule has 2 heterocycles. The quantitative estimate of drug-likeness (QED) is 0.872. The highest BCUT2D eigenvalue weighted by Gasteiger charge is 2.31. The fourth-order valence-corrected chi connectivity index (χ4v) is 4.70. The van der Waals surface area contributed by atoms with Crippen LogP contribution in [0, 0.1) is 6.92 Å². The molecule has 25 heavy (non-hydrogen) atoms. The molecule has 1 fully saturated rings. The Hall–Kier alpha value is -2.35. The molecule has 1 aliphatic heterocycles. The minimum absolute atomic E-state index is 0.0570. The lowest BCUT2D eigenvalue weighted by Gasteiger charge is -2.25. The van der Waals surface area contributed by atoms with Crippen LogP contribution in [0.1, 0.15) is 12.1 Å². The average molecular weight is 362 g/mol. The molecular formula is C17H22N4O3S. The summed E-state index contributed by atoms with van der Waals surface area (Å²) < 4.78 is 28.8. The van der Waals surface area contributed by atoms with Gasteiger partial charge in [-0.3, -0.25) is 0 Å². The third-order valence-corrected chi connectivity index (χ3v) is 6.06. The number of anilines is 3. The van der Waals surface area contributed by atoms with Crippen LogP contribution < -0.4 is 15.0 Å². The number of nitrogens with zero attached hydrogens (tertiary/aromatic N) is 3. The Morgan fingerprint density at radius 1 is 1.28 bits per heavy atom. The molecule has 1 aromatic carbocycles. The Labute approximate surface area is 148 Å². The number of aromatic nitrogens is 2. The van der Waals surface area contributed by atoms with Gasteiger partial charge in [-0.05, 0) is 25.5 Å². The molecule has 1 aliphatic rings. The number of nitrogens with one attached hydrogen (secondary N) is 1. The molecule has 0 saturated carbocycles. The van der Waals surface area contributed by atoms with E-state index in [0.29, 0.717) is 23.9 Å². The summed E-state index contributed by atoms with van der Waals surface area (Å²) in [6.45, 7) is 1.89. The zero-order chi connectivity index (χ0) is 18.0. The van der Waals surface area contributed by atoms with Gasteiger partial charge >= 0.3 is 0 Å². The maximum atomic E-state index is 11.7. The second-order valence-corrected chi connectivity index (χ2v) is 8.41. The van der Waals surface area contributed by atoms with Crippen LogP contribution in [0.4, 0.5) is 17.5 Å². The van der Waals surface area contributed by atoms with Crippen molar-refractivity contribution in [3.05, 3.63) is 36.0 Å². The summed E-state index contributed by atoms with van der Waals surface area (Å²) in [4.78, 5) is 10.9. The van der Waals surface area contributed by atoms with Crippen LogP contribution in [0.2, 0.25) is 0 Å². The van der Waals surface area contributed by atoms with Crippen molar-refractivity contribution in [2.45, 2.75) is 19.4 Å². The van der Waals surface area contributed by atoms with Crippen molar-refractivity contribution in [1.82, 2.24) is 9.97 Å². The van der Waals surface area contributed by atoms with Gasteiger partial charge in [0, 0.05) is 24.8 Å². The molecule has 0 amide bonds. The molecule has 1 aromatic heterocycles. The minimum atomic E-state index is -2.94. The lowest BCUT2D eigenvalue weighted by molar-refractivity contribution is 0.417. The van der Waals surface area contributed by atoms with Gasteiger partial charge in [0.05, 0.1) is 24.3 Å². The van der Waals surface area contributed by atoms with E-state index in [0.717, 1.165) is 11.4 Å². The molecule has 0 spiro atoms. The molecule has 1 saturated heterocycles. The normalized spacial score (nSPS) is 18.8. The summed E-state index contributed by atoms with van der Waals surface area (Å²) in [6, 6.07) is 9.33. The SMILES string of the molecule is COc1ccccc1Nc1nc(C)cc(N(C)C2CCS(=O)(=O)C2)n1. The van der Waals surface area contributed by atoms with Gasteiger partial charge < -0.3 is 15.0 Å². The van der Waals surface area contributed by atoms with Crippen LogP contribution in [0.3, 0.4) is 0 Å². The van der Waals surface area contributed by atoms with E-state index in [1.807, 2.05) is 49.2 Å². The maximum Gasteiger partial charge on any atom is 0.229 e. The highest BCUT2D eigenvalue weighted by atomic mass is 32.2. The van der Waals surface area contributed by atoms with Crippen molar-refractivity contribution >= 4 is 27.3 Å². The molecule has 1 N–H and O–H groups in total. The van der Waals surface area contributed by atoms with Crippen LogP contribution in [-0.2, 0) is 9.84 Å². The number of hydrogen-bond acceptors (Lipinski definition) is 7. The first-order chi connectivity index (χ1) is 11.9. The third-order valence-electron chi connectivity index (χ3n) is 4.31. The largest absolute Gasteiger partial charge is 0.495 e. The van der Waals surface area contributed by atoms with Crippen LogP contribution >= 0.6 is 0 Å². The summed E-state index contributed by atoms with van der Waals surface area (Å²) in [5.41, 5.74) is 1.57. The highest BCUT2D eigenvalue weighted by Crippen LogP contribution is 2.27. The second kappa shape index (κ2) is 6.87. The molecule has 1 atom stereocenters. The Bertz CT molecular complexity index is 870. The molecule has 0 radical (unpaired) electrons. The molecule has 2 aromatic rings. The van der Waals surface area contributed by atoms with Gasteiger partial charge in [-0.25, -0.2) is 13.4 Å². The van der Waals surface area contributed by atoms with Gasteiger partial charge in [0.2, 0.25) is 5.95 Å². The van der Waals surface area contributed by atoms with Crippen molar-refractivity contribution in [2.24, 2.45) is 0 Å². The average Bonchev–Trinajstić information content (AvgIpc) is 2.94. The van der Waals surface area contributed by atoms with Crippen molar-refractivity contribution in [2.75, 3.05) is 35.9 Å². The van der Waals surface area contributed by atoms with E-state index in [9.17, 15) is 8.42 Å². The highest BCUT2D eigenvalue weighted by molar-refractivity contribution is 7.91. The van der Waals surface area contributed by atoms with E-state index in [4.69, 9.17) is 4.74 Å². The maximum absolute atomic E-state index is 11.7. The van der Waals surface area contributed by atoms with Crippen LogP contribution in [0.15, 0.2) is 30.3 Å². The first-order valence-corrected chi connectivity index (χ1v) is 9.89. The molecule has 7 nitrogen and oxygen atoms in total. The second-order valence-electron chi connectivity index (χ2n) is 6.18. The van der Waals surface area contributed by atoms with Gasteiger partial charge in [-0.15, -0.1) is 0 Å². The molecular weight excluding hydrogens is 340 g/mol. The van der Waals surface area contributed by atoms with Crippen molar-refractivity contribution < 1.29 is 13.2 Å². The number of para-hydroxylation sites is 2. The van der Waals surface area contributed by atoms with Crippen molar-refractivity contribution in [1.29, 1.82) is 0 Å². The number of methoxy groups -OCH3 is 1. The number of sulfone groups is 1. The number of ether oxygens (including phenoxy) is 1. The standard InChI is InChI=1S/C17H22N4O3S/c1-12-10-16(21(2)13-8-9-25(22,23)11-13)20-17(18-12)19-14-6-4-5-7-15(14)24-3/h4-7,10,13H,8-9,11H2,1-3H3,(H,18,19,20). The molecule has 134 valence electrons. The van der Waals surface area contributed by atoms with Gasteiger partial charge in [0.1, 0.15) is 11.6 Å². The number of benzene rings is 1. The van der Waals surface area contributed by atoms with Gasteiger partial charge in [0.25, 0.3) is 0 Å². The van der Waals surface area contributed by atoms with E-state index in [-0.39, 0.29) is 17.5 Å². The first kappa shape index (κ1) is 17.5. The topological polar surface area (TPSA) is 84.4 Å². The lowest BCUT2D eigenvalue weighted by atomic mass is 10.2. The fraction of sp³-hybridized carbons (Fsp3) is 0.412. The van der Waals surface area contributed by atoms with Gasteiger partial charge in [-0.2, -0.15) is 4.98 Å². The van der Waals surface area contributed by atoms with Crippen LogP contribution in [0.25, 0.3) is 0 Å². The number of aryl methyl sites for hydroxylation is 1. The zero-order valence-electron chi connectivity index (χ0n) is 14.6. The summed E-state index contributed by atoms with van der Waals surface area (Å²) in [5.74, 6) is 2.25. The Kier molecular flexibility index (Phi) is 4.80. The van der Waals surface area contributed by atoms with E-state index in [2.05, 4.69) is 15.3 Å². The molecule has 1 unspecified atom stereocenters.